The molecule has 0 aliphatic carbocycles. The van der Waals surface area contributed by atoms with E-state index in [1.54, 1.807) is 41.7 Å². The number of thioether (sulfide) groups is 2. The fourth-order valence-electron chi connectivity index (χ4n) is 2.69. The van der Waals surface area contributed by atoms with Crippen LogP contribution in [0.2, 0.25) is 0 Å². The van der Waals surface area contributed by atoms with Gasteiger partial charge in [-0.3, -0.25) is 9.59 Å². The molecule has 0 aromatic heterocycles. The first-order valence-electron chi connectivity index (χ1n) is 9.04. The van der Waals surface area contributed by atoms with Gasteiger partial charge in [-0.15, -0.1) is 23.5 Å². The first kappa shape index (κ1) is 19.7. The first-order valence-corrected chi connectivity index (χ1v) is 11.0. The summed E-state index contributed by atoms with van der Waals surface area (Å²) in [6, 6.07) is 17.0. The van der Waals surface area contributed by atoms with Gasteiger partial charge in [0.05, 0.1) is 9.81 Å². The Labute approximate surface area is 169 Å². The van der Waals surface area contributed by atoms with Gasteiger partial charge in [0, 0.05) is 5.56 Å². The highest BCUT2D eigenvalue weighted by Crippen LogP contribution is 2.37. The normalized spacial score (nSPS) is 14.8. The topological polar surface area (TPSA) is 34.1 Å². The van der Waals surface area contributed by atoms with Gasteiger partial charge in [0.25, 0.3) is 0 Å². The Morgan fingerprint density at radius 1 is 0.889 bits per heavy atom. The second kappa shape index (κ2) is 9.77. The van der Waals surface area contributed by atoms with Crippen LogP contribution in [0.5, 0.6) is 0 Å². The SMILES string of the molecule is Cc1ccc(C=CC(=O)C(C(=O)c2ccccc2)=C2SCCCCS2)cc1. The van der Waals surface area contributed by atoms with Gasteiger partial charge >= 0.3 is 0 Å². The molecule has 1 saturated heterocycles. The van der Waals surface area contributed by atoms with E-state index in [2.05, 4.69) is 0 Å². The smallest absolute Gasteiger partial charge is 0.198 e. The largest absolute Gasteiger partial charge is 0.289 e. The number of hydrogen-bond acceptors (Lipinski definition) is 4. The molecular formula is C23H22O2S2. The molecule has 0 bridgehead atoms. The highest BCUT2D eigenvalue weighted by molar-refractivity contribution is 8.22. The molecule has 138 valence electrons. The van der Waals surface area contributed by atoms with Gasteiger partial charge in [0.1, 0.15) is 0 Å². The number of Topliss-reactive ketones (excluding diaryl/α,β-unsaturated/α-hetero) is 1. The summed E-state index contributed by atoms with van der Waals surface area (Å²) >= 11 is 3.27. The molecule has 2 aromatic carbocycles. The fourth-order valence-corrected chi connectivity index (χ4v) is 5.27. The molecule has 0 amide bonds. The average molecular weight is 395 g/mol. The van der Waals surface area contributed by atoms with Crippen molar-refractivity contribution in [2.24, 2.45) is 0 Å². The van der Waals surface area contributed by atoms with Crippen LogP contribution >= 0.6 is 23.5 Å². The Kier molecular flexibility index (Phi) is 7.13. The molecule has 1 heterocycles. The molecule has 0 radical (unpaired) electrons. The molecule has 0 spiro atoms. The Bertz CT molecular complexity index is 855. The lowest BCUT2D eigenvalue weighted by molar-refractivity contribution is -0.111. The number of benzene rings is 2. The van der Waals surface area contributed by atoms with Crippen LogP contribution in [0.1, 0.15) is 34.3 Å². The average Bonchev–Trinajstić information content (AvgIpc) is 2.98. The van der Waals surface area contributed by atoms with Crippen molar-refractivity contribution >= 4 is 41.2 Å². The van der Waals surface area contributed by atoms with Crippen LogP contribution in [0.3, 0.4) is 0 Å². The Balaban J connectivity index is 1.93. The molecule has 0 unspecified atom stereocenters. The van der Waals surface area contributed by atoms with Crippen LogP contribution < -0.4 is 0 Å². The first-order chi connectivity index (χ1) is 13.1. The summed E-state index contributed by atoms with van der Waals surface area (Å²) in [6.07, 6.45) is 5.54. The van der Waals surface area contributed by atoms with Crippen LogP contribution in [0.4, 0.5) is 0 Å². The van der Waals surface area contributed by atoms with Crippen LogP contribution in [-0.2, 0) is 4.79 Å². The second-order valence-electron chi connectivity index (χ2n) is 6.37. The summed E-state index contributed by atoms with van der Waals surface area (Å²) in [5.74, 6) is 1.48. The van der Waals surface area contributed by atoms with Crippen molar-refractivity contribution in [3.63, 3.8) is 0 Å². The molecule has 4 heteroatoms. The zero-order valence-electron chi connectivity index (χ0n) is 15.3. The van der Waals surface area contributed by atoms with Crippen LogP contribution in [0, 0.1) is 6.92 Å². The van der Waals surface area contributed by atoms with Crippen molar-refractivity contribution in [1.82, 2.24) is 0 Å². The highest BCUT2D eigenvalue weighted by Gasteiger charge is 2.24. The summed E-state index contributed by atoms with van der Waals surface area (Å²) in [7, 11) is 0. The zero-order valence-corrected chi connectivity index (χ0v) is 16.9. The zero-order chi connectivity index (χ0) is 19.1. The minimum Gasteiger partial charge on any atom is -0.289 e. The van der Waals surface area contributed by atoms with E-state index in [0.29, 0.717) is 11.1 Å². The molecular weight excluding hydrogens is 372 g/mol. The summed E-state index contributed by atoms with van der Waals surface area (Å²) in [5.41, 5.74) is 2.99. The molecule has 0 saturated carbocycles. The van der Waals surface area contributed by atoms with Gasteiger partial charge in [-0.2, -0.15) is 0 Å². The third-order valence-corrected chi connectivity index (χ3v) is 6.85. The number of aryl methyl sites for hydroxylation is 1. The van der Waals surface area contributed by atoms with Crippen molar-refractivity contribution in [3.05, 3.63) is 87.2 Å². The van der Waals surface area contributed by atoms with E-state index >= 15 is 0 Å². The molecule has 0 atom stereocenters. The van der Waals surface area contributed by atoms with Gasteiger partial charge in [-0.1, -0.05) is 66.2 Å². The van der Waals surface area contributed by atoms with E-state index in [0.717, 1.165) is 34.1 Å². The summed E-state index contributed by atoms with van der Waals surface area (Å²) in [4.78, 5) is 26.1. The number of carbonyl (C=O) groups excluding carboxylic acids is 2. The highest BCUT2D eigenvalue weighted by atomic mass is 32.2. The van der Waals surface area contributed by atoms with Gasteiger partial charge in [0.15, 0.2) is 11.6 Å². The molecule has 1 aliphatic heterocycles. The molecule has 0 N–H and O–H groups in total. The van der Waals surface area contributed by atoms with E-state index < -0.39 is 0 Å². The van der Waals surface area contributed by atoms with Crippen LogP contribution in [0.15, 0.2) is 70.5 Å². The number of hydrogen-bond donors (Lipinski definition) is 0. The Morgan fingerprint density at radius 2 is 1.52 bits per heavy atom. The number of carbonyl (C=O) groups is 2. The molecule has 3 rings (SSSR count). The fraction of sp³-hybridized carbons (Fsp3) is 0.217. The molecule has 2 nitrogen and oxygen atoms in total. The van der Waals surface area contributed by atoms with Crippen LogP contribution in [0.25, 0.3) is 6.08 Å². The van der Waals surface area contributed by atoms with E-state index in [1.807, 2.05) is 49.4 Å². The van der Waals surface area contributed by atoms with E-state index in [9.17, 15) is 9.59 Å². The quantitative estimate of drug-likeness (QED) is 0.272. The number of allylic oxidation sites excluding steroid dienone is 2. The maximum Gasteiger partial charge on any atom is 0.198 e. The Hall–Kier alpha value is -2.04. The summed E-state index contributed by atoms with van der Waals surface area (Å²) in [6.45, 7) is 2.03. The molecule has 2 aromatic rings. The third kappa shape index (κ3) is 5.47. The third-order valence-electron chi connectivity index (χ3n) is 4.22. The monoisotopic (exact) mass is 394 g/mol. The van der Waals surface area contributed by atoms with Gasteiger partial charge in [0.2, 0.25) is 0 Å². The summed E-state index contributed by atoms with van der Waals surface area (Å²) in [5, 5.41) is 0. The second-order valence-corrected chi connectivity index (χ2v) is 8.84. The van der Waals surface area contributed by atoms with Gasteiger partial charge in [-0.25, -0.2) is 0 Å². The lowest BCUT2D eigenvalue weighted by Crippen LogP contribution is -2.13. The minimum absolute atomic E-state index is 0.189. The lowest BCUT2D eigenvalue weighted by Gasteiger charge is -2.10. The maximum absolute atomic E-state index is 13.1. The van der Waals surface area contributed by atoms with Gasteiger partial charge in [-0.05, 0) is 42.9 Å². The summed E-state index contributed by atoms with van der Waals surface area (Å²) < 4.78 is 0.861. The standard InChI is InChI=1S/C23H22O2S2/c1-17-9-11-18(12-10-17)13-14-20(24)21(23-26-15-5-6-16-27-23)22(25)19-7-3-2-4-8-19/h2-4,7-14H,5-6,15-16H2,1H3. The number of ketones is 2. The van der Waals surface area contributed by atoms with Gasteiger partial charge < -0.3 is 0 Å². The predicted octanol–water partition coefficient (Wildman–Crippen LogP) is 5.93. The minimum atomic E-state index is -0.221. The van der Waals surface area contributed by atoms with E-state index in [1.165, 1.54) is 11.6 Å². The van der Waals surface area contributed by atoms with Crippen molar-refractivity contribution in [2.75, 3.05) is 11.5 Å². The van der Waals surface area contributed by atoms with Crippen molar-refractivity contribution in [1.29, 1.82) is 0 Å². The van der Waals surface area contributed by atoms with E-state index in [4.69, 9.17) is 0 Å². The Morgan fingerprint density at radius 3 is 2.15 bits per heavy atom. The number of rotatable bonds is 5. The maximum atomic E-state index is 13.1. The lowest BCUT2D eigenvalue weighted by atomic mass is 10.0. The molecule has 1 aliphatic rings. The van der Waals surface area contributed by atoms with Crippen LogP contribution in [-0.4, -0.2) is 23.1 Å². The van der Waals surface area contributed by atoms with E-state index in [-0.39, 0.29) is 11.6 Å². The molecule has 1 fully saturated rings. The molecule has 27 heavy (non-hydrogen) atoms. The van der Waals surface area contributed by atoms with Crippen molar-refractivity contribution in [2.45, 2.75) is 19.8 Å². The van der Waals surface area contributed by atoms with Crippen molar-refractivity contribution < 1.29 is 9.59 Å². The predicted molar refractivity (Wildman–Crippen MR) is 117 cm³/mol. The van der Waals surface area contributed by atoms with Crippen molar-refractivity contribution in [3.8, 4) is 0 Å².